The molecule has 0 saturated heterocycles. The number of nitrogens with zero attached hydrogens (tertiary/aromatic N) is 2. The third-order valence-electron chi connectivity index (χ3n) is 3.90. The molecule has 108 valence electrons. The Morgan fingerprint density at radius 1 is 1.47 bits per heavy atom. The van der Waals surface area contributed by atoms with Gasteiger partial charge in [-0.05, 0) is 18.8 Å². The minimum Gasteiger partial charge on any atom is -0.381 e. The Morgan fingerprint density at radius 3 is 2.74 bits per heavy atom. The third-order valence-corrected chi connectivity index (χ3v) is 5.52. The van der Waals surface area contributed by atoms with Gasteiger partial charge in [-0.15, -0.1) is 0 Å². The summed E-state index contributed by atoms with van der Waals surface area (Å²) in [5.74, 6) is 0.469. The molecular weight excluding hydrogens is 264 g/mol. The molecule has 6 nitrogen and oxygen atoms in total. The lowest BCUT2D eigenvalue weighted by Gasteiger charge is -2.31. The Kier molecular flexibility index (Phi) is 4.15. The van der Waals surface area contributed by atoms with Crippen molar-refractivity contribution in [2.45, 2.75) is 50.1 Å². The summed E-state index contributed by atoms with van der Waals surface area (Å²) >= 11 is 0. The van der Waals surface area contributed by atoms with Gasteiger partial charge in [-0.25, -0.2) is 18.1 Å². The standard InChI is InChI=1S/C12H22N4O2S/c1-3-9-6-4-5-7-10(9)15-19(17,18)12-11(13)14-8-16(12)2/h8-10,15H,3-7,13H2,1-2H3. The van der Waals surface area contributed by atoms with Crippen molar-refractivity contribution in [3.63, 3.8) is 0 Å². The van der Waals surface area contributed by atoms with Crippen LogP contribution in [0.25, 0.3) is 0 Å². The van der Waals surface area contributed by atoms with E-state index in [-0.39, 0.29) is 16.9 Å². The summed E-state index contributed by atoms with van der Waals surface area (Å²) < 4.78 is 29.1. The van der Waals surface area contributed by atoms with E-state index in [0.29, 0.717) is 5.92 Å². The van der Waals surface area contributed by atoms with Crippen LogP contribution in [0.3, 0.4) is 0 Å². The fourth-order valence-corrected chi connectivity index (χ4v) is 4.45. The largest absolute Gasteiger partial charge is 0.381 e. The molecule has 0 radical (unpaired) electrons. The van der Waals surface area contributed by atoms with Crippen molar-refractivity contribution in [2.24, 2.45) is 13.0 Å². The SMILES string of the molecule is CCC1CCCCC1NS(=O)(=O)c1c(N)ncn1C. The molecule has 3 N–H and O–H groups in total. The number of hydrogen-bond acceptors (Lipinski definition) is 4. The number of nitrogen functional groups attached to an aromatic ring is 1. The van der Waals surface area contributed by atoms with E-state index in [2.05, 4.69) is 16.6 Å². The maximum absolute atomic E-state index is 12.4. The third kappa shape index (κ3) is 2.92. The number of imidazole rings is 1. The molecule has 0 bridgehead atoms. The molecule has 1 aliphatic rings. The van der Waals surface area contributed by atoms with Crippen LogP contribution in [-0.4, -0.2) is 24.0 Å². The molecule has 1 fully saturated rings. The predicted octanol–water partition coefficient (Wildman–Crippen LogP) is 1.25. The molecule has 0 aliphatic heterocycles. The summed E-state index contributed by atoms with van der Waals surface area (Å²) in [6, 6.07) is 0.0121. The van der Waals surface area contributed by atoms with Crippen molar-refractivity contribution in [2.75, 3.05) is 5.73 Å². The summed E-state index contributed by atoms with van der Waals surface area (Å²) in [7, 11) is -1.96. The molecule has 0 amide bonds. The first-order valence-corrected chi connectivity index (χ1v) is 8.23. The summed E-state index contributed by atoms with van der Waals surface area (Å²) in [6.07, 6.45) is 6.66. The van der Waals surface area contributed by atoms with Gasteiger partial charge < -0.3 is 10.3 Å². The van der Waals surface area contributed by atoms with Gasteiger partial charge in [0.25, 0.3) is 10.0 Å². The lowest BCUT2D eigenvalue weighted by Crippen LogP contribution is -2.42. The van der Waals surface area contributed by atoms with Crippen molar-refractivity contribution in [1.29, 1.82) is 0 Å². The zero-order valence-corrected chi connectivity index (χ0v) is 12.3. The van der Waals surface area contributed by atoms with E-state index in [1.54, 1.807) is 7.05 Å². The van der Waals surface area contributed by atoms with Crippen molar-refractivity contribution >= 4 is 15.8 Å². The Bertz CT molecular complexity index is 518. The Hall–Kier alpha value is -1.08. The van der Waals surface area contributed by atoms with Crippen LogP contribution in [0.2, 0.25) is 0 Å². The van der Waals surface area contributed by atoms with E-state index in [9.17, 15) is 8.42 Å². The average Bonchev–Trinajstić information content (AvgIpc) is 2.70. The monoisotopic (exact) mass is 286 g/mol. The molecule has 1 aromatic heterocycles. The number of rotatable bonds is 4. The van der Waals surface area contributed by atoms with Gasteiger partial charge in [-0.3, -0.25) is 0 Å². The maximum Gasteiger partial charge on any atom is 0.260 e. The van der Waals surface area contributed by atoms with Gasteiger partial charge in [-0.1, -0.05) is 26.2 Å². The molecule has 1 aromatic rings. The van der Waals surface area contributed by atoms with E-state index >= 15 is 0 Å². The number of hydrogen-bond donors (Lipinski definition) is 2. The molecule has 19 heavy (non-hydrogen) atoms. The minimum atomic E-state index is -3.60. The summed E-state index contributed by atoms with van der Waals surface area (Å²) in [6.45, 7) is 2.11. The van der Waals surface area contributed by atoms with E-state index < -0.39 is 10.0 Å². The van der Waals surface area contributed by atoms with Crippen LogP contribution in [0, 0.1) is 5.92 Å². The molecule has 0 spiro atoms. The van der Waals surface area contributed by atoms with Crippen LogP contribution in [0.5, 0.6) is 0 Å². The Labute approximate surface area is 114 Å². The van der Waals surface area contributed by atoms with Gasteiger partial charge in [-0.2, -0.15) is 0 Å². The fourth-order valence-electron chi connectivity index (χ4n) is 2.87. The molecule has 2 atom stereocenters. The lowest BCUT2D eigenvalue weighted by atomic mass is 9.83. The molecule has 0 aromatic carbocycles. The number of nitrogens with two attached hydrogens (primary N) is 1. The van der Waals surface area contributed by atoms with Crippen molar-refractivity contribution in [3.8, 4) is 0 Å². The highest BCUT2D eigenvalue weighted by molar-refractivity contribution is 7.89. The van der Waals surface area contributed by atoms with Crippen LogP contribution in [0.1, 0.15) is 39.0 Å². The highest BCUT2D eigenvalue weighted by atomic mass is 32.2. The zero-order chi connectivity index (χ0) is 14.0. The molecule has 2 rings (SSSR count). The lowest BCUT2D eigenvalue weighted by molar-refractivity contribution is 0.282. The predicted molar refractivity (Wildman–Crippen MR) is 74.0 cm³/mol. The minimum absolute atomic E-state index is 0.0121. The van der Waals surface area contributed by atoms with Gasteiger partial charge in [0.2, 0.25) is 0 Å². The quantitative estimate of drug-likeness (QED) is 0.871. The van der Waals surface area contributed by atoms with Crippen LogP contribution < -0.4 is 10.5 Å². The van der Waals surface area contributed by atoms with Gasteiger partial charge in [0, 0.05) is 13.1 Å². The highest BCUT2D eigenvalue weighted by Gasteiger charge is 2.30. The van der Waals surface area contributed by atoms with Crippen molar-refractivity contribution < 1.29 is 8.42 Å². The molecule has 7 heteroatoms. The van der Waals surface area contributed by atoms with Gasteiger partial charge in [0.1, 0.15) is 0 Å². The molecular formula is C12H22N4O2S. The second-order valence-corrected chi connectivity index (χ2v) is 6.86. The van der Waals surface area contributed by atoms with Crippen LogP contribution >= 0.6 is 0 Å². The second kappa shape index (κ2) is 5.50. The fraction of sp³-hybridized carbons (Fsp3) is 0.750. The molecule has 1 aliphatic carbocycles. The van der Waals surface area contributed by atoms with Gasteiger partial charge >= 0.3 is 0 Å². The summed E-state index contributed by atoms with van der Waals surface area (Å²) in [5.41, 5.74) is 5.65. The van der Waals surface area contributed by atoms with Crippen molar-refractivity contribution in [3.05, 3.63) is 6.33 Å². The Balaban J connectivity index is 2.21. The molecule has 1 heterocycles. The van der Waals surface area contributed by atoms with Gasteiger partial charge in [0.05, 0.1) is 6.33 Å². The first-order chi connectivity index (χ1) is 8.95. The van der Waals surface area contributed by atoms with E-state index in [1.165, 1.54) is 17.3 Å². The highest BCUT2D eigenvalue weighted by Crippen LogP contribution is 2.28. The number of anilines is 1. The van der Waals surface area contributed by atoms with E-state index in [4.69, 9.17) is 5.73 Å². The van der Waals surface area contributed by atoms with Gasteiger partial charge in [0.15, 0.2) is 10.8 Å². The first-order valence-electron chi connectivity index (χ1n) is 6.74. The Morgan fingerprint density at radius 2 is 2.16 bits per heavy atom. The molecule has 1 saturated carbocycles. The topological polar surface area (TPSA) is 90.0 Å². The molecule has 2 unspecified atom stereocenters. The first kappa shape index (κ1) is 14.3. The average molecular weight is 286 g/mol. The van der Waals surface area contributed by atoms with Crippen LogP contribution in [0.15, 0.2) is 11.4 Å². The smallest absolute Gasteiger partial charge is 0.260 e. The number of aryl methyl sites for hydroxylation is 1. The number of sulfonamides is 1. The normalized spacial score (nSPS) is 24.5. The second-order valence-electron chi connectivity index (χ2n) is 5.23. The maximum atomic E-state index is 12.4. The number of aromatic nitrogens is 2. The number of nitrogens with one attached hydrogen (secondary N) is 1. The summed E-state index contributed by atoms with van der Waals surface area (Å²) in [4.78, 5) is 3.84. The zero-order valence-electron chi connectivity index (χ0n) is 11.5. The van der Waals surface area contributed by atoms with E-state index in [1.807, 2.05) is 0 Å². The van der Waals surface area contributed by atoms with E-state index in [0.717, 1.165) is 25.7 Å². The summed E-state index contributed by atoms with van der Waals surface area (Å²) in [5, 5.41) is 0.0629. The van der Waals surface area contributed by atoms with Crippen LogP contribution in [0.4, 0.5) is 5.82 Å². The van der Waals surface area contributed by atoms with Crippen molar-refractivity contribution in [1.82, 2.24) is 14.3 Å². The van der Waals surface area contributed by atoms with Crippen LogP contribution in [-0.2, 0) is 17.1 Å².